The highest BCUT2D eigenvalue weighted by Crippen LogP contribution is 2.67. The van der Waals surface area contributed by atoms with Crippen LogP contribution in [0.15, 0.2) is 0 Å². The number of nitrogens with one attached hydrogen (secondary N) is 3. The van der Waals surface area contributed by atoms with Gasteiger partial charge >= 0.3 is 5.97 Å². The van der Waals surface area contributed by atoms with Crippen molar-refractivity contribution in [1.82, 2.24) is 16.0 Å². The molecule has 6 N–H and O–H groups in total. The Balaban J connectivity index is 0.000000123. The predicted molar refractivity (Wildman–Crippen MR) is 162 cm³/mol. The second-order valence-corrected chi connectivity index (χ2v) is 18.0. The highest BCUT2D eigenvalue weighted by atomic mass is 16.4. The Labute approximate surface area is 248 Å². The molecule has 232 valence electrons. The standard InChI is InChI=1S/C17H28N2O.C12H21N.C5H9NO2/c1-15-6-12-7-16(2,9-15)11-17(8-12,10-15)19-14(20)13-4-3-5-18-13;1-10-3-9-4-11(2,6-10)8-12(13,5-9)7-10;7-5(8)4-2-1-3-6-4/h12-13,18H,3-11H2,1-2H3,(H,19,20);9H,3-8,13H2,1-2H3;4,6H,1-3H2,(H,7,8)/t12?,13-,15?,16?,17?;;4-/m1.1/s1. The number of rotatable bonds is 3. The molecule has 10 rings (SSSR count). The number of carbonyl (C=O) groups is 2. The van der Waals surface area contributed by atoms with Crippen LogP contribution in [0.4, 0.5) is 0 Å². The number of nitrogens with two attached hydrogens (primary N) is 1. The van der Waals surface area contributed by atoms with E-state index in [1.807, 2.05) is 0 Å². The Hall–Kier alpha value is -1.18. The summed E-state index contributed by atoms with van der Waals surface area (Å²) in [4.78, 5) is 22.7. The van der Waals surface area contributed by atoms with E-state index in [2.05, 4.69) is 43.6 Å². The van der Waals surface area contributed by atoms with E-state index < -0.39 is 5.97 Å². The van der Waals surface area contributed by atoms with Gasteiger partial charge in [-0.1, -0.05) is 27.7 Å². The van der Waals surface area contributed by atoms with Crippen LogP contribution >= 0.6 is 0 Å². The number of carboxylic acid groups (broad SMARTS) is 1. The van der Waals surface area contributed by atoms with Crippen LogP contribution < -0.4 is 21.7 Å². The van der Waals surface area contributed by atoms with Gasteiger partial charge in [-0.3, -0.25) is 9.59 Å². The first-order valence-electron chi connectivity index (χ1n) is 16.9. The van der Waals surface area contributed by atoms with Crippen molar-refractivity contribution in [2.24, 2.45) is 39.2 Å². The van der Waals surface area contributed by atoms with Crippen molar-refractivity contribution >= 4 is 11.9 Å². The van der Waals surface area contributed by atoms with Crippen molar-refractivity contribution in [2.45, 2.75) is 154 Å². The molecule has 10 fully saturated rings. The van der Waals surface area contributed by atoms with Gasteiger partial charge in [-0.05, 0) is 149 Å². The normalized spacial score (nSPS) is 51.9. The van der Waals surface area contributed by atoms with Crippen LogP contribution in [0.5, 0.6) is 0 Å². The third kappa shape index (κ3) is 6.24. The molecule has 6 atom stereocenters. The van der Waals surface area contributed by atoms with Gasteiger partial charge in [0.25, 0.3) is 0 Å². The summed E-state index contributed by atoms with van der Waals surface area (Å²) in [6.45, 7) is 11.7. The monoisotopic (exact) mass is 570 g/mol. The largest absolute Gasteiger partial charge is 0.480 e. The van der Waals surface area contributed by atoms with Crippen LogP contribution in [0, 0.1) is 33.5 Å². The second-order valence-electron chi connectivity index (χ2n) is 18.0. The first kappa shape index (κ1) is 29.9. The summed E-state index contributed by atoms with van der Waals surface area (Å²) in [5, 5.41) is 18.1. The molecular weight excluding hydrogens is 512 g/mol. The smallest absolute Gasteiger partial charge is 0.320 e. The maximum absolute atomic E-state index is 12.6. The molecule has 0 radical (unpaired) electrons. The third-order valence-corrected chi connectivity index (χ3v) is 12.4. The second kappa shape index (κ2) is 10.2. The summed E-state index contributed by atoms with van der Waals surface area (Å²) >= 11 is 0. The fourth-order valence-corrected chi connectivity index (χ4v) is 13.3. The van der Waals surface area contributed by atoms with Crippen molar-refractivity contribution in [3.8, 4) is 0 Å². The van der Waals surface area contributed by atoms with Crippen molar-refractivity contribution in [3.63, 3.8) is 0 Å². The highest BCUT2D eigenvalue weighted by Gasteiger charge is 2.61. The quantitative estimate of drug-likeness (QED) is 0.322. The topological polar surface area (TPSA) is 116 Å². The van der Waals surface area contributed by atoms with Crippen molar-refractivity contribution in [1.29, 1.82) is 0 Å². The first-order chi connectivity index (χ1) is 19.1. The maximum Gasteiger partial charge on any atom is 0.320 e. The van der Waals surface area contributed by atoms with Gasteiger partial charge < -0.3 is 26.8 Å². The van der Waals surface area contributed by atoms with Gasteiger partial charge in [0.05, 0.1) is 6.04 Å². The van der Waals surface area contributed by atoms with Gasteiger partial charge in [0.1, 0.15) is 6.04 Å². The third-order valence-electron chi connectivity index (χ3n) is 12.4. The zero-order valence-corrected chi connectivity index (χ0v) is 26.4. The fourth-order valence-electron chi connectivity index (χ4n) is 13.3. The number of amides is 1. The van der Waals surface area contributed by atoms with Crippen LogP contribution in [-0.2, 0) is 9.59 Å². The van der Waals surface area contributed by atoms with E-state index in [9.17, 15) is 9.59 Å². The lowest BCUT2D eigenvalue weighted by atomic mass is 9.43. The van der Waals surface area contributed by atoms with Gasteiger partial charge in [-0.25, -0.2) is 0 Å². The number of hydrogen-bond acceptors (Lipinski definition) is 5. The summed E-state index contributed by atoms with van der Waals surface area (Å²) in [6.07, 6.45) is 20.0. The SMILES string of the molecule is CC12CC3CC(C)(C1)CC(N)(C3)C2.CC12CC3CC(C)(C1)CC(NC(=O)[C@H]1CCCN1)(C3)C2.O=C(O)[C@H]1CCCN1. The molecule has 7 nitrogen and oxygen atoms in total. The minimum atomic E-state index is -0.720. The highest BCUT2D eigenvalue weighted by molar-refractivity contribution is 5.82. The predicted octanol–water partition coefficient (Wildman–Crippen LogP) is 5.12. The first-order valence-corrected chi connectivity index (χ1v) is 16.9. The molecule has 41 heavy (non-hydrogen) atoms. The minimum Gasteiger partial charge on any atom is -0.480 e. The van der Waals surface area contributed by atoms with E-state index >= 15 is 0 Å². The van der Waals surface area contributed by atoms with Crippen LogP contribution in [0.2, 0.25) is 0 Å². The molecular formula is C34H58N4O3. The van der Waals surface area contributed by atoms with Crippen LogP contribution in [0.25, 0.3) is 0 Å². The Morgan fingerprint density at radius 1 is 0.683 bits per heavy atom. The molecule has 0 spiro atoms. The van der Waals surface area contributed by atoms with Gasteiger partial charge in [0.15, 0.2) is 0 Å². The molecule has 2 saturated heterocycles. The number of aliphatic carboxylic acids is 1. The van der Waals surface area contributed by atoms with Crippen molar-refractivity contribution in [2.75, 3.05) is 13.1 Å². The van der Waals surface area contributed by atoms with E-state index in [1.54, 1.807) is 0 Å². The van der Waals surface area contributed by atoms with Crippen molar-refractivity contribution in [3.05, 3.63) is 0 Å². The minimum absolute atomic E-state index is 0.0728. The number of carbonyl (C=O) groups excluding carboxylic acids is 1. The number of carboxylic acids is 1. The average molecular weight is 571 g/mol. The molecule has 10 aliphatic rings. The Morgan fingerprint density at radius 3 is 1.51 bits per heavy atom. The molecule has 0 aromatic heterocycles. The fraction of sp³-hybridized carbons (Fsp3) is 0.941. The summed E-state index contributed by atoms with van der Waals surface area (Å²) < 4.78 is 0. The molecule has 2 aliphatic heterocycles. The maximum atomic E-state index is 12.6. The summed E-state index contributed by atoms with van der Waals surface area (Å²) in [7, 11) is 0. The van der Waals surface area contributed by atoms with Gasteiger partial charge in [0.2, 0.25) is 5.91 Å². The summed E-state index contributed by atoms with van der Waals surface area (Å²) in [5.74, 6) is 1.36. The van der Waals surface area contributed by atoms with E-state index in [-0.39, 0.29) is 29.1 Å². The lowest BCUT2D eigenvalue weighted by Gasteiger charge is -2.65. The van der Waals surface area contributed by atoms with Gasteiger partial charge in [-0.15, -0.1) is 0 Å². The summed E-state index contributed by atoms with van der Waals surface area (Å²) in [6, 6.07) is -0.196. The van der Waals surface area contributed by atoms with E-state index in [4.69, 9.17) is 10.8 Å². The zero-order valence-electron chi connectivity index (χ0n) is 26.4. The van der Waals surface area contributed by atoms with Crippen LogP contribution in [0.1, 0.15) is 130 Å². The molecule has 1 amide bonds. The van der Waals surface area contributed by atoms with E-state index in [0.29, 0.717) is 21.7 Å². The number of hydrogen-bond donors (Lipinski definition) is 5. The Morgan fingerprint density at radius 2 is 1.15 bits per heavy atom. The Kier molecular flexibility index (Phi) is 7.42. The lowest BCUT2D eigenvalue weighted by molar-refractivity contribution is -0.141. The summed E-state index contributed by atoms with van der Waals surface area (Å²) in [5.41, 5.74) is 8.99. The zero-order chi connectivity index (χ0) is 29.3. The molecule has 2 heterocycles. The van der Waals surface area contributed by atoms with E-state index in [0.717, 1.165) is 50.6 Å². The van der Waals surface area contributed by atoms with Gasteiger partial charge in [0, 0.05) is 11.1 Å². The average Bonchev–Trinajstić information content (AvgIpc) is 3.49. The molecule has 8 aliphatic carbocycles. The molecule has 0 aromatic rings. The Bertz CT molecular complexity index is 964. The molecule has 7 heteroatoms. The van der Waals surface area contributed by atoms with Crippen LogP contribution in [-0.4, -0.2) is 53.2 Å². The van der Waals surface area contributed by atoms with Crippen LogP contribution in [0.3, 0.4) is 0 Å². The van der Waals surface area contributed by atoms with Crippen molar-refractivity contribution < 1.29 is 14.7 Å². The molecule has 4 unspecified atom stereocenters. The molecule has 8 bridgehead atoms. The lowest BCUT2D eigenvalue weighted by Crippen LogP contribution is -2.66. The van der Waals surface area contributed by atoms with Gasteiger partial charge in [-0.2, -0.15) is 0 Å². The molecule has 8 saturated carbocycles. The molecule has 0 aromatic carbocycles. The van der Waals surface area contributed by atoms with E-state index in [1.165, 1.54) is 77.0 Å².